The van der Waals surface area contributed by atoms with Crippen LogP contribution >= 0.6 is 36.6 Å². The summed E-state index contributed by atoms with van der Waals surface area (Å²) in [5, 5.41) is 8.27. The van der Waals surface area contributed by atoms with Crippen LogP contribution in [0.25, 0.3) is 0 Å². The first-order chi connectivity index (χ1) is 4.18. The molecule has 1 atom stereocenters. The number of carbonyl (C=O) groups is 1. The molecule has 1 unspecified atom stereocenters. The Balaban J connectivity index is -0.000000320. The van der Waals surface area contributed by atoms with E-state index in [9.17, 15) is 4.79 Å². The molecule has 6 heteroatoms. The minimum atomic E-state index is -0.913. The summed E-state index contributed by atoms with van der Waals surface area (Å²) in [7, 11) is 0. The molecule has 0 saturated carbocycles. The number of halogens is 2. The Bertz CT molecular complexity index is 104. The smallest absolute Gasteiger partial charge is 0.320 e. The number of nitrogens with two attached hydrogens (primary N) is 1. The number of rotatable bonds is 4. The van der Waals surface area contributed by atoms with E-state index in [1.807, 2.05) is 6.26 Å². The lowest BCUT2D eigenvalue weighted by Crippen LogP contribution is -2.30. The molecule has 0 radical (unpaired) electrons. The van der Waals surface area contributed by atoms with E-state index in [0.717, 1.165) is 5.75 Å². The van der Waals surface area contributed by atoms with E-state index in [4.69, 9.17) is 10.8 Å². The molecule has 0 bridgehead atoms. The summed E-state index contributed by atoms with van der Waals surface area (Å²) in [6, 6.07) is -0.683. The van der Waals surface area contributed by atoms with Crippen LogP contribution in [-0.4, -0.2) is 29.1 Å². The first kappa shape index (κ1) is 17.4. The molecule has 0 aromatic heterocycles. The average Bonchev–Trinajstić information content (AvgIpc) is 1.82. The molecule has 3 nitrogen and oxygen atoms in total. The summed E-state index contributed by atoms with van der Waals surface area (Å²) in [6.45, 7) is 0. The monoisotopic (exact) mass is 221 g/mol. The fourth-order valence-corrected chi connectivity index (χ4v) is 0.858. The van der Waals surface area contributed by atoms with Gasteiger partial charge in [0.2, 0.25) is 0 Å². The standard InChI is InChI=1S/C5H11NO2S.2ClH/c1-9-3-2-4(6)5(7)8;;/h4H,2-3,6H2,1H3,(H,7,8);2*1H. The number of carboxylic acids is 1. The van der Waals surface area contributed by atoms with Crippen LogP contribution in [-0.2, 0) is 4.79 Å². The fourth-order valence-electron chi connectivity index (χ4n) is 0.368. The van der Waals surface area contributed by atoms with Crippen molar-refractivity contribution in [3.05, 3.63) is 0 Å². The van der Waals surface area contributed by atoms with Crippen molar-refractivity contribution in [1.29, 1.82) is 0 Å². The van der Waals surface area contributed by atoms with Crippen molar-refractivity contribution in [2.75, 3.05) is 12.0 Å². The highest BCUT2D eigenvalue weighted by atomic mass is 35.5. The molecule has 11 heavy (non-hydrogen) atoms. The van der Waals surface area contributed by atoms with Crippen LogP contribution in [0.1, 0.15) is 6.42 Å². The van der Waals surface area contributed by atoms with E-state index in [2.05, 4.69) is 0 Å². The quantitative estimate of drug-likeness (QED) is 0.744. The van der Waals surface area contributed by atoms with Gasteiger partial charge in [-0.1, -0.05) is 0 Å². The minimum absolute atomic E-state index is 0. The van der Waals surface area contributed by atoms with E-state index in [0.29, 0.717) is 6.42 Å². The van der Waals surface area contributed by atoms with Gasteiger partial charge in [0.05, 0.1) is 0 Å². The zero-order chi connectivity index (χ0) is 7.28. The van der Waals surface area contributed by atoms with Crippen LogP contribution in [0, 0.1) is 0 Å². The second kappa shape index (κ2) is 10.4. The summed E-state index contributed by atoms with van der Waals surface area (Å²) >= 11 is 1.60. The SMILES string of the molecule is CSCCC(N)C(=O)O.Cl.Cl. The molecule has 0 amide bonds. The van der Waals surface area contributed by atoms with Crippen LogP contribution in [0.5, 0.6) is 0 Å². The molecule has 0 fully saturated rings. The van der Waals surface area contributed by atoms with Crippen molar-refractivity contribution in [2.24, 2.45) is 5.73 Å². The Kier molecular flexibility index (Phi) is 16.4. The molecule has 0 rings (SSSR count). The van der Waals surface area contributed by atoms with Gasteiger partial charge in [0.15, 0.2) is 0 Å². The summed E-state index contributed by atoms with van der Waals surface area (Å²) in [6.07, 6.45) is 2.48. The third-order valence-electron chi connectivity index (χ3n) is 0.950. The molecule has 3 N–H and O–H groups in total. The van der Waals surface area contributed by atoms with Crippen molar-refractivity contribution in [3.8, 4) is 0 Å². The summed E-state index contributed by atoms with van der Waals surface area (Å²) in [5.74, 6) is -0.1000. The third-order valence-corrected chi connectivity index (χ3v) is 1.59. The van der Waals surface area contributed by atoms with Crippen LogP contribution in [0.2, 0.25) is 0 Å². The highest BCUT2D eigenvalue weighted by Gasteiger charge is 2.08. The maximum Gasteiger partial charge on any atom is 0.320 e. The highest BCUT2D eigenvalue weighted by Crippen LogP contribution is 1.97. The average molecular weight is 222 g/mol. The van der Waals surface area contributed by atoms with Gasteiger partial charge in [0, 0.05) is 0 Å². The fraction of sp³-hybridized carbons (Fsp3) is 0.800. The largest absolute Gasteiger partial charge is 0.480 e. The van der Waals surface area contributed by atoms with E-state index in [1.165, 1.54) is 0 Å². The Morgan fingerprint density at radius 2 is 2.09 bits per heavy atom. The molecular formula is C5H13Cl2NO2S. The van der Waals surface area contributed by atoms with Crippen molar-refractivity contribution < 1.29 is 9.90 Å². The number of carboxylic acid groups (broad SMARTS) is 1. The lowest BCUT2D eigenvalue weighted by atomic mass is 10.2. The minimum Gasteiger partial charge on any atom is -0.480 e. The molecule has 0 saturated heterocycles. The van der Waals surface area contributed by atoms with Gasteiger partial charge in [-0.2, -0.15) is 11.8 Å². The zero-order valence-corrected chi connectivity index (χ0v) is 8.60. The van der Waals surface area contributed by atoms with Crippen LogP contribution in [0.4, 0.5) is 0 Å². The molecule has 0 heterocycles. The van der Waals surface area contributed by atoms with E-state index < -0.39 is 12.0 Å². The molecular weight excluding hydrogens is 209 g/mol. The maximum atomic E-state index is 10.1. The lowest BCUT2D eigenvalue weighted by molar-refractivity contribution is -0.138. The van der Waals surface area contributed by atoms with E-state index in [-0.39, 0.29) is 24.8 Å². The second-order valence-electron chi connectivity index (χ2n) is 1.73. The first-order valence-corrected chi connectivity index (χ1v) is 4.05. The van der Waals surface area contributed by atoms with Gasteiger partial charge >= 0.3 is 5.97 Å². The highest BCUT2D eigenvalue weighted by molar-refractivity contribution is 7.98. The summed E-state index contributed by atoms with van der Waals surface area (Å²) in [5.41, 5.74) is 5.19. The number of aliphatic carboxylic acids is 1. The van der Waals surface area contributed by atoms with Gasteiger partial charge in [0.25, 0.3) is 0 Å². The Morgan fingerprint density at radius 3 is 2.36 bits per heavy atom. The van der Waals surface area contributed by atoms with Gasteiger partial charge in [0.1, 0.15) is 6.04 Å². The first-order valence-electron chi connectivity index (χ1n) is 2.65. The van der Waals surface area contributed by atoms with Crippen molar-refractivity contribution in [3.63, 3.8) is 0 Å². The lowest BCUT2D eigenvalue weighted by Gasteiger charge is -2.02. The summed E-state index contributed by atoms with van der Waals surface area (Å²) in [4.78, 5) is 10.1. The van der Waals surface area contributed by atoms with Crippen molar-refractivity contribution in [2.45, 2.75) is 12.5 Å². The van der Waals surface area contributed by atoms with Gasteiger partial charge in [-0.3, -0.25) is 4.79 Å². The topological polar surface area (TPSA) is 63.3 Å². The van der Waals surface area contributed by atoms with Gasteiger partial charge in [-0.05, 0) is 18.4 Å². The summed E-state index contributed by atoms with van der Waals surface area (Å²) < 4.78 is 0. The Morgan fingerprint density at radius 1 is 1.64 bits per heavy atom. The number of thioether (sulfide) groups is 1. The molecule has 0 aliphatic carbocycles. The third kappa shape index (κ3) is 10.4. The van der Waals surface area contributed by atoms with E-state index >= 15 is 0 Å². The Hall–Kier alpha value is 0.360. The van der Waals surface area contributed by atoms with Crippen molar-refractivity contribution in [1.82, 2.24) is 0 Å². The van der Waals surface area contributed by atoms with Gasteiger partial charge in [-0.25, -0.2) is 0 Å². The molecule has 0 aromatic carbocycles. The zero-order valence-electron chi connectivity index (χ0n) is 6.15. The predicted molar refractivity (Wildman–Crippen MR) is 53.1 cm³/mol. The van der Waals surface area contributed by atoms with Gasteiger partial charge < -0.3 is 10.8 Å². The molecule has 0 spiro atoms. The second-order valence-corrected chi connectivity index (χ2v) is 2.71. The van der Waals surface area contributed by atoms with E-state index in [1.54, 1.807) is 11.8 Å². The van der Waals surface area contributed by atoms with Crippen LogP contribution in [0.3, 0.4) is 0 Å². The molecule has 0 aromatic rings. The molecule has 70 valence electrons. The molecule has 0 aliphatic heterocycles. The predicted octanol–water partition coefficient (Wildman–Crippen LogP) is 0.995. The number of hydrogen-bond donors (Lipinski definition) is 2. The Labute approximate surface area is 82.9 Å². The normalized spacial score (nSPS) is 10.7. The van der Waals surface area contributed by atoms with Gasteiger partial charge in [-0.15, -0.1) is 24.8 Å². The maximum absolute atomic E-state index is 10.1. The van der Waals surface area contributed by atoms with Crippen LogP contribution < -0.4 is 5.73 Å². The number of hydrogen-bond acceptors (Lipinski definition) is 3. The van der Waals surface area contributed by atoms with Crippen LogP contribution in [0.15, 0.2) is 0 Å². The van der Waals surface area contributed by atoms with Crippen molar-refractivity contribution >= 4 is 42.5 Å². The molecule has 0 aliphatic rings.